The Kier molecular flexibility index (Phi) is 5.65. The van der Waals surface area contributed by atoms with Crippen molar-refractivity contribution in [1.82, 2.24) is 4.72 Å². The predicted octanol–water partition coefficient (Wildman–Crippen LogP) is 3.03. The number of carboxylic acids is 1. The van der Waals surface area contributed by atoms with E-state index in [0.717, 1.165) is 23.5 Å². The van der Waals surface area contributed by atoms with Crippen molar-refractivity contribution in [1.29, 1.82) is 0 Å². The minimum Gasteiger partial charge on any atom is -0.477 e. The zero-order valence-corrected chi connectivity index (χ0v) is 14.3. The Morgan fingerprint density at radius 2 is 2.05 bits per heavy atom. The van der Waals surface area contributed by atoms with E-state index in [1.165, 1.54) is 11.8 Å². The number of carboxylic acid groups (broad SMARTS) is 1. The summed E-state index contributed by atoms with van der Waals surface area (Å²) in [6, 6.07) is 0. The summed E-state index contributed by atoms with van der Waals surface area (Å²) in [7, 11) is -3.85. The van der Waals surface area contributed by atoms with Crippen LogP contribution in [0.15, 0.2) is 15.2 Å². The van der Waals surface area contributed by atoms with E-state index in [1.54, 1.807) is 26.2 Å². The molecule has 0 radical (unpaired) electrons. The molecule has 0 atom stereocenters. The molecule has 1 aromatic heterocycles. The third-order valence-corrected chi connectivity index (χ3v) is 6.54. The molecule has 20 heavy (non-hydrogen) atoms. The van der Waals surface area contributed by atoms with Crippen LogP contribution in [-0.4, -0.2) is 30.8 Å². The van der Waals surface area contributed by atoms with Gasteiger partial charge in [0.1, 0.15) is 9.77 Å². The molecule has 0 aliphatic carbocycles. The molecule has 1 rings (SSSR count). The van der Waals surface area contributed by atoms with Gasteiger partial charge in [0, 0.05) is 15.8 Å². The Balaban J connectivity index is 3.32. The van der Waals surface area contributed by atoms with Gasteiger partial charge in [-0.2, -0.15) is 0 Å². The Morgan fingerprint density at radius 3 is 2.50 bits per heavy atom. The highest BCUT2D eigenvalue weighted by molar-refractivity contribution is 8.00. The van der Waals surface area contributed by atoms with Crippen LogP contribution in [0.1, 0.15) is 43.8 Å². The molecule has 0 aromatic carbocycles. The van der Waals surface area contributed by atoms with Crippen molar-refractivity contribution in [2.24, 2.45) is 0 Å². The molecule has 8 heteroatoms. The van der Waals surface area contributed by atoms with E-state index in [-0.39, 0.29) is 9.77 Å². The fourth-order valence-corrected chi connectivity index (χ4v) is 5.92. The highest BCUT2D eigenvalue weighted by Gasteiger charge is 2.31. The largest absolute Gasteiger partial charge is 0.477 e. The standard InChI is InChI=1S/C12H19NO4S3/c1-5-6-18-8-7-19-9(11(14)15)10(8)20(16,17)13-12(2,3)4/h7,13H,5-6H2,1-4H3,(H,14,15). The van der Waals surface area contributed by atoms with Gasteiger partial charge in [0.05, 0.1) is 0 Å². The fourth-order valence-electron chi connectivity index (χ4n) is 1.50. The van der Waals surface area contributed by atoms with Gasteiger partial charge in [0.25, 0.3) is 0 Å². The number of aromatic carboxylic acids is 1. The minimum atomic E-state index is -3.85. The topological polar surface area (TPSA) is 83.5 Å². The van der Waals surface area contributed by atoms with Crippen molar-refractivity contribution < 1.29 is 18.3 Å². The Hall–Kier alpha value is -0.570. The molecule has 0 spiro atoms. The molecule has 0 aliphatic rings. The summed E-state index contributed by atoms with van der Waals surface area (Å²) in [6.07, 6.45) is 0.884. The molecule has 5 nitrogen and oxygen atoms in total. The van der Waals surface area contributed by atoms with Crippen LogP contribution in [0.3, 0.4) is 0 Å². The van der Waals surface area contributed by atoms with E-state index in [2.05, 4.69) is 4.72 Å². The molecule has 0 unspecified atom stereocenters. The Morgan fingerprint density at radius 1 is 1.45 bits per heavy atom. The lowest BCUT2D eigenvalue weighted by molar-refractivity contribution is 0.0698. The molecule has 0 saturated carbocycles. The van der Waals surface area contributed by atoms with Gasteiger partial charge in [-0.05, 0) is 32.9 Å². The second-order valence-electron chi connectivity index (χ2n) is 5.27. The molecule has 0 aliphatic heterocycles. The summed E-state index contributed by atoms with van der Waals surface area (Å²) < 4.78 is 27.4. The van der Waals surface area contributed by atoms with Crippen molar-refractivity contribution in [2.45, 2.75) is 49.4 Å². The zero-order chi connectivity index (χ0) is 15.6. The number of thioether (sulfide) groups is 1. The summed E-state index contributed by atoms with van der Waals surface area (Å²) in [5.74, 6) is -0.471. The van der Waals surface area contributed by atoms with Crippen LogP contribution in [0.2, 0.25) is 0 Å². The van der Waals surface area contributed by atoms with Crippen molar-refractivity contribution in [2.75, 3.05) is 5.75 Å². The van der Waals surface area contributed by atoms with Gasteiger partial charge in [0.2, 0.25) is 10.0 Å². The SMILES string of the molecule is CCCSc1csc(C(=O)O)c1S(=O)(=O)NC(C)(C)C. The number of rotatable bonds is 6. The maximum absolute atomic E-state index is 12.4. The summed E-state index contributed by atoms with van der Waals surface area (Å²) in [4.78, 5) is 11.5. The Bertz CT molecular complexity index is 584. The molecule has 0 fully saturated rings. The molecule has 0 bridgehead atoms. The average molecular weight is 337 g/mol. The quantitative estimate of drug-likeness (QED) is 0.780. The van der Waals surface area contributed by atoms with Crippen molar-refractivity contribution in [3.05, 3.63) is 10.3 Å². The third kappa shape index (κ3) is 4.47. The van der Waals surface area contributed by atoms with Gasteiger partial charge in [-0.15, -0.1) is 23.1 Å². The molecule has 0 saturated heterocycles. The van der Waals surface area contributed by atoms with Crippen LogP contribution in [-0.2, 0) is 10.0 Å². The van der Waals surface area contributed by atoms with Crippen molar-refractivity contribution >= 4 is 39.1 Å². The highest BCUT2D eigenvalue weighted by Crippen LogP contribution is 2.35. The molecular weight excluding hydrogens is 318 g/mol. The molecule has 1 heterocycles. The summed E-state index contributed by atoms with van der Waals surface area (Å²) >= 11 is 2.31. The summed E-state index contributed by atoms with van der Waals surface area (Å²) in [6.45, 7) is 7.14. The number of carbonyl (C=O) groups is 1. The minimum absolute atomic E-state index is 0.108. The van der Waals surface area contributed by atoms with E-state index in [9.17, 15) is 18.3 Å². The first kappa shape index (κ1) is 17.5. The van der Waals surface area contributed by atoms with Gasteiger partial charge in [0.15, 0.2) is 0 Å². The van der Waals surface area contributed by atoms with Crippen LogP contribution in [0.5, 0.6) is 0 Å². The highest BCUT2D eigenvalue weighted by atomic mass is 32.2. The molecule has 1 aromatic rings. The second kappa shape index (κ2) is 6.46. The number of thiophene rings is 1. The zero-order valence-electron chi connectivity index (χ0n) is 11.9. The monoisotopic (exact) mass is 337 g/mol. The van der Waals surface area contributed by atoms with E-state index < -0.39 is 21.5 Å². The van der Waals surface area contributed by atoms with Crippen LogP contribution in [0.25, 0.3) is 0 Å². The van der Waals surface area contributed by atoms with Crippen LogP contribution >= 0.6 is 23.1 Å². The lowest BCUT2D eigenvalue weighted by Crippen LogP contribution is -2.40. The maximum Gasteiger partial charge on any atom is 0.347 e. The van der Waals surface area contributed by atoms with Gasteiger partial charge in [-0.25, -0.2) is 17.9 Å². The lowest BCUT2D eigenvalue weighted by Gasteiger charge is -2.20. The smallest absolute Gasteiger partial charge is 0.347 e. The molecule has 2 N–H and O–H groups in total. The first-order chi connectivity index (χ1) is 9.08. The summed E-state index contributed by atoms with van der Waals surface area (Å²) in [5.41, 5.74) is -0.663. The number of nitrogens with one attached hydrogen (secondary N) is 1. The normalized spacial score (nSPS) is 12.6. The van der Waals surface area contributed by atoms with Crippen molar-refractivity contribution in [3.63, 3.8) is 0 Å². The second-order valence-corrected chi connectivity index (χ2v) is 8.90. The van der Waals surface area contributed by atoms with Gasteiger partial charge in [-0.1, -0.05) is 6.92 Å². The van der Waals surface area contributed by atoms with Crippen molar-refractivity contribution in [3.8, 4) is 0 Å². The molecular formula is C12H19NO4S3. The number of hydrogen-bond acceptors (Lipinski definition) is 5. The van der Waals surface area contributed by atoms with E-state index >= 15 is 0 Å². The maximum atomic E-state index is 12.4. The van der Waals surface area contributed by atoms with E-state index in [4.69, 9.17) is 0 Å². The number of hydrogen-bond donors (Lipinski definition) is 2. The van der Waals surface area contributed by atoms with Crippen LogP contribution in [0, 0.1) is 0 Å². The van der Waals surface area contributed by atoms with E-state index in [1.807, 2.05) is 6.92 Å². The third-order valence-electron chi connectivity index (χ3n) is 2.08. The van der Waals surface area contributed by atoms with Gasteiger partial charge < -0.3 is 5.11 Å². The lowest BCUT2D eigenvalue weighted by atomic mass is 10.1. The van der Waals surface area contributed by atoms with Gasteiger partial charge in [-0.3, -0.25) is 0 Å². The van der Waals surface area contributed by atoms with Gasteiger partial charge >= 0.3 is 5.97 Å². The van der Waals surface area contributed by atoms with Crippen LogP contribution < -0.4 is 4.72 Å². The summed E-state index contributed by atoms with van der Waals surface area (Å²) in [5, 5.41) is 10.8. The number of sulfonamides is 1. The van der Waals surface area contributed by atoms with E-state index in [0.29, 0.717) is 4.90 Å². The Labute approximate surface area is 127 Å². The fraction of sp³-hybridized carbons (Fsp3) is 0.583. The molecule has 114 valence electrons. The average Bonchev–Trinajstić information content (AvgIpc) is 2.67. The first-order valence-electron chi connectivity index (χ1n) is 6.10. The predicted molar refractivity (Wildman–Crippen MR) is 82.4 cm³/mol. The first-order valence-corrected chi connectivity index (χ1v) is 9.45. The van der Waals surface area contributed by atoms with Crippen LogP contribution in [0.4, 0.5) is 0 Å². The molecule has 0 amide bonds.